The van der Waals surface area contributed by atoms with E-state index < -0.39 is 0 Å². The summed E-state index contributed by atoms with van der Waals surface area (Å²) in [6.07, 6.45) is 4.16. The Bertz CT molecular complexity index is 604. The number of amides is 1. The summed E-state index contributed by atoms with van der Waals surface area (Å²) in [6.45, 7) is 0. The fourth-order valence-corrected chi connectivity index (χ4v) is 2.54. The zero-order valence-electron chi connectivity index (χ0n) is 11.3. The molecule has 1 atom stereocenters. The highest BCUT2D eigenvalue weighted by Gasteiger charge is 2.26. The molecule has 0 bridgehead atoms. The monoisotopic (exact) mass is 271 g/mol. The molecule has 1 heterocycles. The molecule has 0 radical (unpaired) electrons. The molecule has 0 spiro atoms. The van der Waals surface area contributed by atoms with Gasteiger partial charge < -0.3 is 15.0 Å². The number of aryl methyl sites for hydroxylation is 1. The van der Waals surface area contributed by atoms with Crippen molar-refractivity contribution in [2.45, 2.75) is 19.3 Å². The molecule has 5 heteroatoms. The van der Waals surface area contributed by atoms with Crippen molar-refractivity contribution in [2.75, 3.05) is 12.4 Å². The molecule has 0 fully saturated rings. The summed E-state index contributed by atoms with van der Waals surface area (Å²) in [7, 11) is 1.62. The van der Waals surface area contributed by atoms with Gasteiger partial charge in [-0.3, -0.25) is 4.79 Å². The Morgan fingerprint density at radius 1 is 1.40 bits per heavy atom. The fourth-order valence-electron chi connectivity index (χ4n) is 2.54. The summed E-state index contributed by atoms with van der Waals surface area (Å²) in [6, 6.07) is 7.36. The second-order valence-corrected chi connectivity index (χ2v) is 4.99. The molecule has 5 nitrogen and oxygen atoms in total. The molecular weight excluding hydrogens is 254 g/mol. The lowest BCUT2D eigenvalue weighted by molar-refractivity contribution is -0.120. The average Bonchev–Trinajstić information content (AvgIpc) is 2.95. The predicted molar refractivity (Wildman–Crippen MR) is 75.7 cm³/mol. The van der Waals surface area contributed by atoms with Gasteiger partial charge in [0.1, 0.15) is 5.75 Å². The number of H-pyrrole nitrogens is 1. The van der Waals surface area contributed by atoms with Gasteiger partial charge in [0.2, 0.25) is 5.91 Å². The van der Waals surface area contributed by atoms with Crippen LogP contribution in [0.15, 0.2) is 30.6 Å². The number of aromatic nitrogens is 2. The molecule has 0 saturated carbocycles. The topological polar surface area (TPSA) is 67.0 Å². The van der Waals surface area contributed by atoms with Crippen molar-refractivity contribution >= 4 is 11.6 Å². The van der Waals surface area contributed by atoms with Crippen LogP contribution in [0.2, 0.25) is 0 Å². The minimum Gasteiger partial charge on any atom is -0.497 e. The van der Waals surface area contributed by atoms with Gasteiger partial charge in [0.05, 0.1) is 19.1 Å². The number of nitrogens with one attached hydrogen (secondary N) is 2. The van der Waals surface area contributed by atoms with Crippen molar-refractivity contribution in [3.8, 4) is 5.75 Å². The van der Waals surface area contributed by atoms with E-state index in [-0.39, 0.29) is 11.8 Å². The molecule has 3 rings (SSSR count). The summed E-state index contributed by atoms with van der Waals surface area (Å²) in [5.41, 5.74) is 2.98. The summed E-state index contributed by atoms with van der Waals surface area (Å²) >= 11 is 0. The smallest absolute Gasteiger partial charge is 0.227 e. The quantitative estimate of drug-likeness (QED) is 0.899. The molecule has 1 amide bonds. The minimum atomic E-state index is -0.00657. The van der Waals surface area contributed by atoms with E-state index in [2.05, 4.69) is 15.3 Å². The second-order valence-electron chi connectivity index (χ2n) is 4.99. The summed E-state index contributed by atoms with van der Waals surface area (Å²) in [5, 5.41) is 2.95. The molecule has 0 aliphatic heterocycles. The van der Waals surface area contributed by atoms with Crippen LogP contribution >= 0.6 is 0 Å². The first-order valence-electron chi connectivity index (χ1n) is 6.72. The Balaban J connectivity index is 1.65. The molecule has 1 aromatic heterocycles. The first kappa shape index (κ1) is 12.7. The van der Waals surface area contributed by atoms with E-state index in [9.17, 15) is 4.79 Å². The molecule has 1 aromatic carbocycles. The van der Waals surface area contributed by atoms with E-state index in [4.69, 9.17) is 4.74 Å². The SMILES string of the molecule is COc1ccc(NC(=O)C2CCc3[nH]cnc3C2)cc1. The van der Waals surface area contributed by atoms with Crippen LogP contribution in [-0.2, 0) is 17.6 Å². The predicted octanol–water partition coefficient (Wildman–Crippen LogP) is 2.16. The number of fused-ring (bicyclic) bond motifs is 1. The first-order chi connectivity index (χ1) is 9.76. The minimum absolute atomic E-state index is 0.00657. The van der Waals surface area contributed by atoms with E-state index >= 15 is 0 Å². The lowest BCUT2D eigenvalue weighted by Crippen LogP contribution is -2.28. The van der Waals surface area contributed by atoms with E-state index in [1.165, 1.54) is 5.69 Å². The van der Waals surface area contributed by atoms with Crippen molar-refractivity contribution in [2.24, 2.45) is 5.92 Å². The van der Waals surface area contributed by atoms with Crippen molar-refractivity contribution < 1.29 is 9.53 Å². The molecule has 0 saturated heterocycles. The number of carbonyl (C=O) groups excluding carboxylic acids is 1. The third kappa shape index (κ3) is 2.52. The van der Waals surface area contributed by atoms with Gasteiger partial charge in [-0.2, -0.15) is 0 Å². The number of aromatic amines is 1. The highest BCUT2D eigenvalue weighted by molar-refractivity contribution is 5.92. The maximum atomic E-state index is 12.3. The number of anilines is 1. The maximum Gasteiger partial charge on any atom is 0.227 e. The van der Waals surface area contributed by atoms with Gasteiger partial charge in [0, 0.05) is 23.7 Å². The lowest BCUT2D eigenvalue weighted by Gasteiger charge is -2.20. The van der Waals surface area contributed by atoms with Gasteiger partial charge in [0.15, 0.2) is 0 Å². The Labute approximate surface area is 117 Å². The molecular formula is C15H17N3O2. The third-order valence-electron chi connectivity index (χ3n) is 3.72. The largest absolute Gasteiger partial charge is 0.497 e. The molecule has 20 heavy (non-hydrogen) atoms. The van der Waals surface area contributed by atoms with Crippen LogP contribution in [0.25, 0.3) is 0 Å². The number of hydrogen-bond donors (Lipinski definition) is 2. The van der Waals surface area contributed by atoms with Crippen molar-refractivity contribution in [1.82, 2.24) is 9.97 Å². The number of imidazole rings is 1. The highest BCUT2D eigenvalue weighted by atomic mass is 16.5. The van der Waals surface area contributed by atoms with E-state index in [0.29, 0.717) is 6.42 Å². The zero-order chi connectivity index (χ0) is 13.9. The van der Waals surface area contributed by atoms with Crippen LogP contribution in [0.1, 0.15) is 17.8 Å². The summed E-state index contributed by atoms with van der Waals surface area (Å²) < 4.78 is 5.10. The van der Waals surface area contributed by atoms with E-state index in [1.54, 1.807) is 13.4 Å². The molecule has 1 aliphatic carbocycles. The van der Waals surface area contributed by atoms with Gasteiger partial charge in [0.25, 0.3) is 0 Å². The zero-order valence-corrected chi connectivity index (χ0v) is 11.3. The van der Waals surface area contributed by atoms with Crippen LogP contribution in [0.3, 0.4) is 0 Å². The number of methoxy groups -OCH3 is 1. The van der Waals surface area contributed by atoms with E-state index in [0.717, 1.165) is 30.0 Å². The first-order valence-corrected chi connectivity index (χ1v) is 6.72. The highest BCUT2D eigenvalue weighted by Crippen LogP contribution is 2.24. The second kappa shape index (κ2) is 5.36. The average molecular weight is 271 g/mol. The van der Waals surface area contributed by atoms with Gasteiger partial charge in [-0.25, -0.2) is 4.98 Å². The van der Waals surface area contributed by atoms with Crippen molar-refractivity contribution in [3.05, 3.63) is 42.0 Å². The number of hydrogen-bond acceptors (Lipinski definition) is 3. The molecule has 1 aliphatic rings. The number of carbonyl (C=O) groups is 1. The van der Waals surface area contributed by atoms with Gasteiger partial charge in [-0.05, 0) is 37.1 Å². The Morgan fingerprint density at radius 2 is 2.20 bits per heavy atom. The molecule has 2 aromatic rings. The van der Waals surface area contributed by atoms with E-state index in [1.807, 2.05) is 24.3 Å². The summed E-state index contributed by atoms with van der Waals surface area (Å²) in [5.74, 6) is 0.832. The fraction of sp³-hybridized carbons (Fsp3) is 0.333. The van der Waals surface area contributed by atoms with Gasteiger partial charge in [-0.1, -0.05) is 0 Å². The maximum absolute atomic E-state index is 12.3. The Kier molecular flexibility index (Phi) is 3.41. The van der Waals surface area contributed by atoms with Crippen LogP contribution in [0.4, 0.5) is 5.69 Å². The van der Waals surface area contributed by atoms with Crippen LogP contribution < -0.4 is 10.1 Å². The Hall–Kier alpha value is -2.30. The lowest BCUT2D eigenvalue weighted by atomic mass is 9.89. The standard InChI is InChI=1S/C15H17N3O2/c1-20-12-5-3-11(4-6-12)18-15(19)10-2-7-13-14(8-10)17-9-16-13/h3-6,9-10H,2,7-8H2,1H3,(H,16,17)(H,18,19). The number of benzene rings is 1. The normalized spacial score (nSPS) is 17.4. The Morgan fingerprint density at radius 3 is 2.95 bits per heavy atom. The van der Waals surface area contributed by atoms with Crippen LogP contribution in [0.5, 0.6) is 5.75 Å². The van der Waals surface area contributed by atoms with Crippen molar-refractivity contribution in [1.29, 1.82) is 0 Å². The number of nitrogens with zero attached hydrogens (tertiary/aromatic N) is 1. The van der Waals surface area contributed by atoms with Gasteiger partial charge >= 0.3 is 0 Å². The molecule has 104 valence electrons. The number of ether oxygens (including phenoxy) is 1. The van der Waals surface area contributed by atoms with Crippen molar-refractivity contribution in [3.63, 3.8) is 0 Å². The molecule has 2 N–H and O–H groups in total. The molecule has 1 unspecified atom stereocenters. The van der Waals surface area contributed by atoms with Gasteiger partial charge in [-0.15, -0.1) is 0 Å². The van der Waals surface area contributed by atoms with Crippen LogP contribution in [0, 0.1) is 5.92 Å². The van der Waals surface area contributed by atoms with Crippen LogP contribution in [-0.4, -0.2) is 23.0 Å². The third-order valence-corrected chi connectivity index (χ3v) is 3.72. The summed E-state index contributed by atoms with van der Waals surface area (Å²) in [4.78, 5) is 19.7. The number of rotatable bonds is 3.